The highest BCUT2D eigenvalue weighted by atomic mass is 16.6. The molecule has 7 nitrogen and oxygen atoms in total. The van der Waals surface area contributed by atoms with Crippen LogP contribution < -0.4 is 4.74 Å². The van der Waals surface area contributed by atoms with Gasteiger partial charge in [0, 0.05) is 42.0 Å². The maximum atomic E-state index is 14.2. The zero-order chi connectivity index (χ0) is 27.0. The number of ketones is 1. The summed E-state index contributed by atoms with van der Waals surface area (Å²) in [4.78, 5) is 16.7. The largest absolute Gasteiger partial charge is 0.507 e. The van der Waals surface area contributed by atoms with Gasteiger partial charge in [0.2, 0.25) is 0 Å². The second-order valence-electron chi connectivity index (χ2n) is 12.3. The number of phenolic OH excluding ortho intramolecular Hbond substituents is 2. The average molecular weight is 522 g/mol. The molecule has 7 rings (SSSR count). The van der Waals surface area contributed by atoms with Crippen LogP contribution in [-0.2, 0) is 11.2 Å². The number of hydrogen-bond donors (Lipinski definition) is 3. The van der Waals surface area contributed by atoms with Gasteiger partial charge in [-0.05, 0) is 66.0 Å². The summed E-state index contributed by atoms with van der Waals surface area (Å²) in [5.74, 6) is -0.787. The maximum Gasteiger partial charge on any atom is 0.200 e. The molecule has 7 heteroatoms. The van der Waals surface area contributed by atoms with Crippen LogP contribution in [-0.4, -0.2) is 69.5 Å². The molecule has 1 aromatic rings. The van der Waals surface area contributed by atoms with Gasteiger partial charge in [0.25, 0.3) is 0 Å². The summed E-state index contributed by atoms with van der Waals surface area (Å²) < 4.78 is 13.4. The van der Waals surface area contributed by atoms with Crippen LogP contribution in [0.2, 0.25) is 0 Å². The van der Waals surface area contributed by atoms with Gasteiger partial charge in [-0.15, -0.1) is 0 Å². The summed E-state index contributed by atoms with van der Waals surface area (Å²) in [6.07, 6.45) is 8.10. The lowest BCUT2D eigenvalue weighted by Crippen LogP contribution is -2.76. The van der Waals surface area contributed by atoms with Crippen molar-refractivity contribution in [2.24, 2.45) is 17.8 Å². The molecular formula is C31H39NO6. The van der Waals surface area contributed by atoms with Gasteiger partial charge in [-0.25, -0.2) is 0 Å². The summed E-state index contributed by atoms with van der Waals surface area (Å²) in [6.45, 7) is 11.2. The van der Waals surface area contributed by atoms with Crippen molar-refractivity contribution in [1.82, 2.24) is 4.90 Å². The number of carbonyl (C=O) groups is 1. The Hall–Kier alpha value is -2.61. The van der Waals surface area contributed by atoms with Crippen molar-refractivity contribution in [2.45, 2.75) is 70.7 Å². The molecule has 4 bridgehead atoms. The molecule has 6 atom stereocenters. The van der Waals surface area contributed by atoms with E-state index in [0.717, 1.165) is 30.8 Å². The number of aromatic hydroxyl groups is 2. The van der Waals surface area contributed by atoms with E-state index >= 15 is 0 Å². The molecule has 3 N–H and O–H groups in total. The summed E-state index contributed by atoms with van der Waals surface area (Å²) in [7, 11) is 0. The summed E-state index contributed by atoms with van der Waals surface area (Å²) >= 11 is 0. The fourth-order valence-electron chi connectivity index (χ4n) is 7.73. The Bertz CT molecular complexity index is 1270. The molecule has 3 fully saturated rings. The van der Waals surface area contributed by atoms with Crippen LogP contribution in [0.4, 0.5) is 0 Å². The number of Topliss-reactive ketones (excluding diaryl/α,β-unsaturated/α-hetero) is 1. The minimum Gasteiger partial charge on any atom is -0.507 e. The second kappa shape index (κ2) is 8.97. The van der Waals surface area contributed by atoms with Crippen molar-refractivity contribution in [1.29, 1.82) is 0 Å². The number of likely N-dealkylation sites (tertiary alicyclic amines) is 1. The molecule has 0 radical (unpaired) electrons. The van der Waals surface area contributed by atoms with Gasteiger partial charge < -0.3 is 29.7 Å². The first-order valence-corrected chi connectivity index (χ1v) is 14.0. The van der Waals surface area contributed by atoms with Gasteiger partial charge in [0.05, 0.1) is 12.7 Å². The number of aliphatic hydroxyl groups excluding tert-OH is 1. The van der Waals surface area contributed by atoms with Gasteiger partial charge >= 0.3 is 0 Å². The number of rotatable bonds is 6. The van der Waals surface area contributed by atoms with Crippen molar-refractivity contribution in [3.8, 4) is 17.2 Å². The minimum atomic E-state index is -1.19. The average Bonchev–Trinajstić information content (AvgIpc) is 3.46. The maximum absolute atomic E-state index is 14.2. The number of phenols is 2. The molecule has 1 spiro atoms. The SMILES string of the molecule is CC(C)=CCc1c(O)cc2c(c1O)C(=O)C1=CC3C(CN4CCCC4)C4COC(CC=C(C)C)(C3O)C14O2. The molecule has 38 heavy (non-hydrogen) atoms. The van der Waals surface area contributed by atoms with E-state index in [1.165, 1.54) is 18.9 Å². The molecule has 1 aromatic carbocycles. The third kappa shape index (κ3) is 3.41. The molecule has 1 saturated carbocycles. The Morgan fingerprint density at radius 2 is 1.84 bits per heavy atom. The van der Waals surface area contributed by atoms with Gasteiger partial charge in [-0.3, -0.25) is 4.79 Å². The molecule has 3 aliphatic heterocycles. The summed E-state index contributed by atoms with van der Waals surface area (Å²) in [5.41, 5.74) is 0.709. The monoisotopic (exact) mass is 521 g/mol. The number of fused-ring (bicyclic) bond motifs is 1. The highest BCUT2D eigenvalue weighted by Gasteiger charge is 2.79. The van der Waals surface area contributed by atoms with E-state index in [-0.39, 0.29) is 46.3 Å². The van der Waals surface area contributed by atoms with Crippen molar-refractivity contribution in [3.05, 3.63) is 52.1 Å². The second-order valence-corrected chi connectivity index (χ2v) is 12.3. The van der Waals surface area contributed by atoms with Crippen molar-refractivity contribution >= 4 is 5.78 Å². The van der Waals surface area contributed by atoms with E-state index < -0.39 is 17.3 Å². The van der Waals surface area contributed by atoms with E-state index in [1.807, 2.05) is 39.8 Å². The van der Waals surface area contributed by atoms with E-state index in [2.05, 4.69) is 11.0 Å². The number of hydrogen-bond acceptors (Lipinski definition) is 7. The topological polar surface area (TPSA) is 99.5 Å². The van der Waals surface area contributed by atoms with Crippen LogP contribution in [0.1, 0.15) is 62.9 Å². The molecule has 0 amide bonds. The first kappa shape index (κ1) is 25.7. The quantitative estimate of drug-likeness (QED) is 0.480. The fourth-order valence-corrected chi connectivity index (χ4v) is 7.73. The Morgan fingerprint density at radius 3 is 2.53 bits per heavy atom. The Labute approximate surface area is 224 Å². The van der Waals surface area contributed by atoms with E-state index in [1.54, 1.807) is 0 Å². The number of benzene rings is 1. The van der Waals surface area contributed by atoms with Crippen molar-refractivity contribution in [3.63, 3.8) is 0 Å². The molecule has 3 aliphatic carbocycles. The highest BCUT2D eigenvalue weighted by molar-refractivity contribution is 6.15. The van der Waals surface area contributed by atoms with Crippen LogP contribution in [0.3, 0.4) is 0 Å². The van der Waals surface area contributed by atoms with Gasteiger partial charge in [-0.1, -0.05) is 29.4 Å². The fraction of sp³-hybridized carbons (Fsp3) is 0.581. The molecule has 0 aromatic heterocycles. The third-order valence-corrected chi connectivity index (χ3v) is 9.57. The Balaban J connectivity index is 1.51. The van der Waals surface area contributed by atoms with Gasteiger partial charge in [0.1, 0.15) is 28.4 Å². The number of carbonyl (C=O) groups excluding carboxylic acids is 1. The Morgan fingerprint density at radius 1 is 1.13 bits per heavy atom. The van der Waals surface area contributed by atoms with Crippen molar-refractivity contribution in [2.75, 3.05) is 26.2 Å². The normalized spacial score (nSPS) is 34.9. The van der Waals surface area contributed by atoms with Crippen LogP contribution in [0, 0.1) is 17.8 Å². The number of nitrogens with zero attached hydrogens (tertiary/aromatic N) is 1. The molecule has 2 saturated heterocycles. The first-order chi connectivity index (χ1) is 18.1. The zero-order valence-corrected chi connectivity index (χ0v) is 22.8. The Kier molecular flexibility index (Phi) is 6.05. The van der Waals surface area contributed by atoms with Gasteiger partial charge in [0.15, 0.2) is 11.4 Å². The van der Waals surface area contributed by atoms with Crippen LogP contribution in [0.15, 0.2) is 41.0 Å². The number of allylic oxidation sites excluding steroid dienone is 3. The number of ether oxygens (including phenoxy) is 2. The molecule has 6 unspecified atom stereocenters. The summed E-state index contributed by atoms with van der Waals surface area (Å²) in [5, 5.41) is 34.0. The molecule has 3 heterocycles. The zero-order valence-electron chi connectivity index (χ0n) is 22.8. The minimum absolute atomic E-state index is 0.0719. The van der Waals surface area contributed by atoms with Crippen LogP contribution in [0.25, 0.3) is 0 Å². The highest BCUT2D eigenvalue weighted by Crippen LogP contribution is 2.66. The number of aliphatic hydroxyl groups is 1. The van der Waals surface area contributed by atoms with E-state index in [0.29, 0.717) is 30.6 Å². The van der Waals surface area contributed by atoms with Crippen LogP contribution in [0.5, 0.6) is 17.2 Å². The third-order valence-electron chi connectivity index (χ3n) is 9.57. The van der Waals surface area contributed by atoms with Crippen molar-refractivity contribution < 1.29 is 29.6 Å². The smallest absolute Gasteiger partial charge is 0.200 e. The molecule has 6 aliphatic rings. The first-order valence-electron chi connectivity index (χ1n) is 14.0. The predicted octanol–water partition coefficient (Wildman–Crippen LogP) is 4.30. The van der Waals surface area contributed by atoms with Gasteiger partial charge in [-0.2, -0.15) is 0 Å². The van der Waals surface area contributed by atoms with Crippen LogP contribution >= 0.6 is 0 Å². The lowest BCUT2D eigenvalue weighted by atomic mass is 9.48. The standard InChI is InChI=1S/C31H39NO6/c1-17(2)7-8-19-24(33)14-25-26(27(19)34)28(35)22-13-20-21(15-32-11-5-6-12-32)23-16-37-30(29(20)36,10-9-18(3)4)31(22,23)38-25/h7,9,13-14,20-21,23,29,33-34,36H,5-6,8,10-12,15-16H2,1-4H3. The lowest BCUT2D eigenvalue weighted by Gasteiger charge is -2.61. The molecule has 204 valence electrons. The lowest BCUT2D eigenvalue weighted by molar-refractivity contribution is -0.205. The predicted molar refractivity (Wildman–Crippen MR) is 144 cm³/mol. The van der Waals surface area contributed by atoms with E-state index in [9.17, 15) is 20.1 Å². The summed E-state index contributed by atoms with van der Waals surface area (Å²) in [6, 6.07) is 1.46. The van der Waals surface area contributed by atoms with E-state index in [4.69, 9.17) is 9.47 Å². The molecular weight excluding hydrogens is 482 g/mol.